The summed E-state index contributed by atoms with van der Waals surface area (Å²) in [5.41, 5.74) is 10.3. The molecule has 0 saturated heterocycles. The van der Waals surface area contributed by atoms with Crippen molar-refractivity contribution < 1.29 is 0 Å². The predicted molar refractivity (Wildman–Crippen MR) is 174 cm³/mol. The van der Waals surface area contributed by atoms with E-state index >= 15 is 0 Å². The Hall–Kier alpha value is -2.52. The molecule has 39 heavy (non-hydrogen) atoms. The number of aryl methyl sites for hydroxylation is 2. The fourth-order valence-corrected chi connectivity index (χ4v) is 6.59. The lowest BCUT2D eigenvalue weighted by Gasteiger charge is -2.07. The highest BCUT2D eigenvalue weighted by atomic mass is 28.2. The summed E-state index contributed by atoms with van der Waals surface area (Å²) in [6.07, 6.45) is 22.6. The molecule has 0 amide bonds. The highest BCUT2D eigenvalue weighted by Crippen LogP contribution is 2.24. The SMILES string of the molecule is CCCCCCc1ccc(-c2ccc(-c3ncc(CCCCCCCCCC[SiH2]C=C(C)C)cn3)cc2)cc1. The first-order valence-corrected chi connectivity index (χ1v) is 17.6. The van der Waals surface area contributed by atoms with E-state index in [0.29, 0.717) is 0 Å². The van der Waals surface area contributed by atoms with Gasteiger partial charge in [-0.15, -0.1) is 5.70 Å². The topological polar surface area (TPSA) is 25.8 Å². The molecule has 0 fully saturated rings. The van der Waals surface area contributed by atoms with Gasteiger partial charge in [0.05, 0.1) is 0 Å². The van der Waals surface area contributed by atoms with E-state index in [1.54, 1.807) is 0 Å². The Morgan fingerprint density at radius 3 is 1.67 bits per heavy atom. The zero-order valence-electron chi connectivity index (χ0n) is 25.1. The third-order valence-electron chi connectivity index (χ3n) is 7.68. The molecule has 0 saturated carbocycles. The Morgan fingerprint density at radius 1 is 0.590 bits per heavy atom. The van der Waals surface area contributed by atoms with Gasteiger partial charge < -0.3 is 0 Å². The predicted octanol–water partition coefficient (Wildman–Crippen LogP) is 10.1. The molecule has 0 aliphatic heterocycles. The third kappa shape index (κ3) is 12.5. The van der Waals surface area contributed by atoms with Crippen LogP contribution in [0.2, 0.25) is 6.04 Å². The lowest BCUT2D eigenvalue weighted by atomic mass is 10.00. The molecule has 3 aromatic rings. The minimum atomic E-state index is 0.0803. The highest BCUT2D eigenvalue weighted by molar-refractivity contribution is 6.42. The van der Waals surface area contributed by atoms with Gasteiger partial charge in [-0.3, -0.25) is 0 Å². The average Bonchev–Trinajstić information content (AvgIpc) is 2.96. The van der Waals surface area contributed by atoms with Crippen molar-refractivity contribution in [1.29, 1.82) is 0 Å². The maximum absolute atomic E-state index is 4.67. The van der Waals surface area contributed by atoms with Crippen LogP contribution in [0.3, 0.4) is 0 Å². The molecule has 0 unspecified atom stereocenters. The first-order chi connectivity index (χ1) is 19.2. The molecule has 0 N–H and O–H groups in total. The first kappa shape index (κ1) is 31.0. The van der Waals surface area contributed by atoms with E-state index in [2.05, 4.69) is 85.0 Å². The first-order valence-electron chi connectivity index (χ1n) is 15.8. The molecule has 0 aliphatic rings. The Morgan fingerprint density at radius 2 is 1.08 bits per heavy atom. The number of nitrogens with zero attached hydrogens (tertiary/aromatic N) is 2. The molecule has 0 aliphatic carbocycles. The molecule has 2 aromatic carbocycles. The Bertz CT molecular complexity index is 1060. The second kappa shape index (κ2) is 18.7. The highest BCUT2D eigenvalue weighted by Gasteiger charge is 2.04. The van der Waals surface area contributed by atoms with Crippen molar-refractivity contribution in [3.05, 3.63) is 83.3 Å². The van der Waals surface area contributed by atoms with Crippen LogP contribution >= 0.6 is 0 Å². The maximum atomic E-state index is 4.67. The van der Waals surface area contributed by atoms with Gasteiger partial charge >= 0.3 is 0 Å². The molecule has 0 atom stereocenters. The third-order valence-corrected chi connectivity index (χ3v) is 9.69. The van der Waals surface area contributed by atoms with Crippen LogP contribution in [0.25, 0.3) is 22.5 Å². The maximum Gasteiger partial charge on any atom is 0.159 e. The van der Waals surface area contributed by atoms with Gasteiger partial charge in [0.1, 0.15) is 0 Å². The van der Waals surface area contributed by atoms with Crippen molar-refractivity contribution in [1.82, 2.24) is 9.97 Å². The standard InChI is InChI=1S/C36H52N2Si/c1-4-5-6-13-16-31-18-20-33(21-19-31)34-22-24-35(25-23-34)36-37-27-32(28-38-36)17-14-11-9-7-8-10-12-15-26-39-29-30(2)3/h18-25,27-29H,4-17,26,39H2,1-3H3. The van der Waals surface area contributed by atoms with Gasteiger partial charge in [0.2, 0.25) is 0 Å². The van der Waals surface area contributed by atoms with E-state index in [9.17, 15) is 0 Å². The van der Waals surface area contributed by atoms with E-state index < -0.39 is 0 Å². The molecular formula is C36H52N2Si. The molecule has 3 rings (SSSR count). The zero-order valence-corrected chi connectivity index (χ0v) is 26.5. The number of unbranched alkanes of at least 4 members (excludes halogenated alkanes) is 10. The van der Waals surface area contributed by atoms with Crippen LogP contribution in [0.15, 0.2) is 72.2 Å². The van der Waals surface area contributed by atoms with Crippen LogP contribution in [0.4, 0.5) is 0 Å². The molecular weight excluding hydrogens is 488 g/mol. The van der Waals surface area contributed by atoms with Crippen LogP contribution in [0.1, 0.15) is 109 Å². The van der Waals surface area contributed by atoms with Gasteiger partial charge in [-0.1, -0.05) is 131 Å². The van der Waals surface area contributed by atoms with Gasteiger partial charge in [0.15, 0.2) is 5.82 Å². The van der Waals surface area contributed by atoms with Gasteiger partial charge in [-0.2, -0.15) is 0 Å². The van der Waals surface area contributed by atoms with Crippen molar-refractivity contribution in [2.75, 3.05) is 0 Å². The van der Waals surface area contributed by atoms with E-state index in [-0.39, 0.29) is 9.52 Å². The van der Waals surface area contributed by atoms with E-state index in [4.69, 9.17) is 0 Å². The minimum absolute atomic E-state index is 0.0803. The zero-order chi connectivity index (χ0) is 27.5. The lowest BCUT2D eigenvalue weighted by molar-refractivity contribution is 0.575. The van der Waals surface area contributed by atoms with Crippen molar-refractivity contribution in [3.63, 3.8) is 0 Å². The van der Waals surface area contributed by atoms with Gasteiger partial charge in [-0.05, 0) is 61.8 Å². The quantitative estimate of drug-likeness (QED) is 0.112. The summed E-state index contributed by atoms with van der Waals surface area (Å²) in [5, 5.41) is 0. The summed E-state index contributed by atoms with van der Waals surface area (Å²) < 4.78 is 0. The minimum Gasteiger partial charge on any atom is -0.236 e. The number of rotatable bonds is 19. The second-order valence-electron chi connectivity index (χ2n) is 11.5. The second-order valence-corrected chi connectivity index (χ2v) is 13.2. The molecule has 210 valence electrons. The lowest BCUT2D eigenvalue weighted by Crippen LogP contribution is -1.93. The van der Waals surface area contributed by atoms with Crippen molar-refractivity contribution >= 4 is 9.52 Å². The number of aromatic nitrogens is 2. The number of hydrogen-bond donors (Lipinski definition) is 0. The van der Waals surface area contributed by atoms with Gasteiger partial charge in [-0.25, -0.2) is 9.97 Å². The Labute approximate surface area is 241 Å². The van der Waals surface area contributed by atoms with Crippen molar-refractivity contribution in [2.45, 2.75) is 117 Å². The van der Waals surface area contributed by atoms with Crippen LogP contribution in [-0.4, -0.2) is 19.5 Å². The summed E-state index contributed by atoms with van der Waals surface area (Å²) in [4.78, 5) is 9.34. The van der Waals surface area contributed by atoms with Crippen molar-refractivity contribution in [2.24, 2.45) is 0 Å². The van der Waals surface area contributed by atoms with Crippen molar-refractivity contribution in [3.8, 4) is 22.5 Å². The van der Waals surface area contributed by atoms with Crippen LogP contribution in [0, 0.1) is 0 Å². The molecule has 1 heterocycles. The van der Waals surface area contributed by atoms with Crippen LogP contribution < -0.4 is 0 Å². The monoisotopic (exact) mass is 540 g/mol. The number of benzene rings is 2. The van der Waals surface area contributed by atoms with E-state index in [0.717, 1.165) is 17.8 Å². The summed E-state index contributed by atoms with van der Waals surface area (Å²) in [7, 11) is 0.0803. The average molecular weight is 541 g/mol. The summed E-state index contributed by atoms with van der Waals surface area (Å²) >= 11 is 0. The molecule has 2 nitrogen and oxygen atoms in total. The normalized spacial score (nSPS) is 11.4. The molecule has 3 heteroatoms. The number of hydrogen-bond acceptors (Lipinski definition) is 2. The largest absolute Gasteiger partial charge is 0.236 e. The fourth-order valence-electron chi connectivity index (χ4n) is 5.17. The van der Waals surface area contributed by atoms with Gasteiger partial charge in [0, 0.05) is 27.5 Å². The van der Waals surface area contributed by atoms with E-state index in [1.807, 2.05) is 12.4 Å². The molecule has 0 radical (unpaired) electrons. The molecule has 0 spiro atoms. The van der Waals surface area contributed by atoms with E-state index in [1.165, 1.54) is 117 Å². The summed E-state index contributed by atoms with van der Waals surface area (Å²) in [6, 6.07) is 19.2. The summed E-state index contributed by atoms with van der Waals surface area (Å²) in [5.74, 6) is 0.816. The summed E-state index contributed by atoms with van der Waals surface area (Å²) in [6.45, 7) is 6.72. The molecule has 1 aromatic heterocycles. The van der Waals surface area contributed by atoms with Gasteiger partial charge in [0.25, 0.3) is 0 Å². The Balaban J connectivity index is 1.32. The van der Waals surface area contributed by atoms with Crippen LogP contribution in [0.5, 0.6) is 0 Å². The molecule has 0 bridgehead atoms. The number of allylic oxidation sites excluding steroid dienone is 1. The fraction of sp³-hybridized carbons (Fsp3) is 0.500. The van der Waals surface area contributed by atoms with Crippen LogP contribution in [-0.2, 0) is 12.8 Å². The Kier molecular flexibility index (Phi) is 14.9. The smallest absolute Gasteiger partial charge is 0.159 e.